The SMILES string of the molecule is COc1cc(/C=C/C(=O)O)cc(I)c1OCc1ccccc1F. The van der Waals surface area contributed by atoms with Crippen molar-refractivity contribution >= 4 is 34.6 Å². The van der Waals surface area contributed by atoms with Crippen molar-refractivity contribution in [2.75, 3.05) is 7.11 Å². The molecule has 0 aliphatic carbocycles. The molecular formula is C17H14FIO4. The van der Waals surface area contributed by atoms with Crippen LogP contribution in [0, 0.1) is 9.39 Å². The monoisotopic (exact) mass is 428 g/mol. The highest BCUT2D eigenvalue weighted by molar-refractivity contribution is 14.1. The summed E-state index contributed by atoms with van der Waals surface area (Å²) in [5.41, 5.74) is 1.12. The van der Waals surface area contributed by atoms with Gasteiger partial charge in [0.25, 0.3) is 0 Å². The standard InChI is InChI=1S/C17H14FIO4/c1-22-15-9-11(6-7-16(20)21)8-14(19)17(15)23-10-12-4-2-3-5-13(12)18/h2-9H,10H2,1H3,(H,20,21)/b7-6+. The zero-order chi connectivity index (χ0) is 16.8. The van der Waals surface area contributed by atoms with Crippen LogP contribution in [-0.4, -0.2) is 18.2 Å². The quantitative estimate of drug-likeness (QED) is 0.556. The maximum absolute atomic E-state index is 13.6. The number of methoxy groups -OCH3 is 1. The van der Waals surface area contributed by atoms with Gasteiger partial charge in [0.1, 0.15) is 12.4 Å². The molecule has 0 spiro atoms. The number of halogens is 2. The van der Waals surface area contributed by atoms with Crippen LogP contribution < -0.4 is 9.47 Å². The maximum atomic E-state index is 13.6. The first-order valence-corrected chi connectivity index (χ1v) is 7.74. The summed E-state index contributed by atoms with van der Waals surface area (Å²) in [6.45, 7) is 0.0728. The van der Waals surface area contributed by atoms with Gasteiger partial charge >= 0.3 is 5.97 Å². The summed E-state index contributed by atoms with van der Waals surface area (Å²) >= 11 is 2.06. The van der Waals surface area contributed by atoms with Crippen molar-refractivity contribution in [3.8, 4) is 11.5 Å². The number of rotatable bonds is 6. The number of carboxylic acid groups (broad SMARTS) is 1. The van der Waals surface area contributed by atoms with Gasteiger partial charge in [-0.05, 0) is 52.4 Å². The fraction of sp³-hybridized carbons (Fsp3) is 0.118. The molecule has 6 heteroatoms. The topological polar surface area (TPSA) is 55.8 Å². The summed E-state index contributed by atoms with van der Waals surface area (Å²) in [4.78, 5) is 10.6. The van der Waals surface area contributed by atoms with Crippen LogP contribution in [0.1, 0.15) is 11.1 Å². The van der Waals surface area contributed by atoms with E-state index in [1.54, 1.807) is 30.3 Å². The van der Waals surface area contributed by atoms with Crippen LogP contribution in [0.4, 0.5) is 4.39 Å². The fourth-order valence-corrected chi connectivity index (χ4v) is 2.69. The number of hydrogen-bond acceptors (Lipinski definition) is 3. The Morgan fingerprint density at radius 1 is 1.35 bits per heavy atom. The van der Waals surface area contributed by atoms with Gasteiger partial charge < -0.3 is 14.6 Å². The van der Waals surface area contributed by atoms with E-state index in [0.717, 1.165) is 9.65 Å². The van der Waals surface area contributed by atoms with Crippen molar-refractivity contribution in [3.63, 3.8) is 0 Å². The van der Waals surface area contributed by atoms with E-state index >= 15 is 0 Å². The third-order valence-corrected chi connectivity index (χ3v) is 3.80. The second-order valence-electron chi connectivity index (χ2n) is 4.59. The third kappa shape index (κ3) is 4.69. The lowest BCUT2D eigenvalue weighted by Crippen LogP contribution is -2.02. The summed E-state index contributed by atoms with van der Waals surface area (Å²) in [5.74, 6) is -0.413. The maximum Gasteiger partial charge on any atom is 0.328 e. The van der Waals surface area contributed by atoms with Gasteiger partial charge in [0.05, 0.1) is 10.7 Å². The lowest BCUT2D eigenvalue weighted by atomic mass is 10.2. The molecule has 0 aromatic heterocycles. The molecule has 0 saturated carbocycles. The minimum absolute atomic E-state index is 0.0728. The second-order valence-corrected chi connectivity index (χ2v) is 5.75. The van der Waals surface area contributed by atoms with E-state index in [4.69, 9.17) is 14.6 Å². The van der Waals surface area contributed by atoms with Gasteiger partial charge in [-0.1, -0.05) is 18.2 Å². The van der Waals surface area contributed by atoms with Crippen molar-refractivity contribution in [3.05, 3.63) is 63.0 Å². The highest BCUT2D eigenvalue weighted by atomic mass is 127. The van der Waals surface area contributed by atoms with Crippen molar-refractivity contribution in [1.82, 2.24) is 0 Å². The molecule has 23 heavy (non-hydrogen) atoms. The Bertz CT molecular complexity index is 743. The molecule has 120 valence electrons. The second kappa shape index (κ2) is 7.96. The van der Waals surface area contributed by atoms with Gasteiger partial charge in [0.2, 0.25) is 0 Å². The number of hydrogen-bond donors (Lipinski definition) is 1. The van der Waals surface area contributed by atoms with Gasteiger partial charge in [-0.2, -0.15) is 0 Å². The molecule has 0 aliphatic rings. The van der Waals surface area contributed by atoms with Gasteiger partial charge in [0, 0.05) is 11.6 Å². The number of ether oxygens (including phenoxy) is 2. The average Bonchev–Trinajstić information content (AvgIpc) is 2.52. The summed E-state index contributed by atoms with van der Waals surface area (Å²) in [7, 11) is 1.49. The van der Waals surface area contributed by atoms with Crippen LogP contribution in [0.3, 0.4) is 0 Å². The molecule has 0 unspecified atom stereocenters. The zero-order valence-corrected chi connectivity index (χ0v) is 14.4. The zero-order valence-electron chi connectivity index (χ0n) is 12.3. The molecule has 0 fully saturated rings. The molecule has 0 saturated heterocycles. The smallest absolute Gasteiger partial charge is 0.328 e. The van der Waals surface area contributed by atoms with E-state index in [9.17, 15) is 9.18 Å². The lowest BCUT2D eigenvalue weighted by Gasteiger charge is -2.14. The van der Waals surface area contributed by atoms with Crippen molar-refractivity contribution < 1.29 is 23.8 Å². The predicted molar refractivity (Wildman–Crippen MR) is 93.1 cm³/mol. The summed E-state index contributed by atoms with van der Waals surface area (Å²) < 4.78 is 25.4. The summed E-state index contributed by atoms with van der Waals surface area (Å²) in [5, 5.41) is 8.68. The number of carboxylic acids is 1. The fourth-order valence-electron chi connectivity index (χ4n) is 1.91. The van der Waals surface area contributed by atoms with Crippen LogP contribution >= 0.6 is 22.6 Å². The highest BCUT2D eigenvalue weighted by Gasteiger charge is 2.12. The Morgan fingerprint density at radius 3 is 2.74 bits per heavy atom. The minimum Gasteiger partial charge on any atom is -0.493 e. The number of aliphatic carboxylic acids is 1. The van der Waals surface area contributed by atoms with Crippen molar-refractivity contribution in [2.45, 2.75) is 6.61 Å². The molecular weight excluding hydrogens is 414 g/mol. The van der Waals surface area contributed by atoms with Crippen LogP contribution in [0.25, 0.3) is 6.08 Å². The Balaban J connectivity index is 2.24. The van der Waals surface area contributed by atoms with Gasteiger partial charge in [-0.3, -0.25) is 0 Å². The van der Waals surface area contributed by atoms with Gasteiger partial charge in [-0.25, -0.2) is 9.18 Å². The predicted octanol–water partition coefficient (Wildman–Crippen LogP) is 4.12. The summed E-state index contributed by atoms with van der Waals surface area (Å²) in [6.07, 6.45) is 2.51. The van der Waals surface area contributed by atoms with E-state index in [-0.39, 0.29) is 12.4 Å². The van der Waals surface area contributed by atoms with Gasteiger partial charge in [-0.15, -0.1) is 0 Å². The van der Waals surface area contributed by atoms with Crippen molar-refractivity contribution in [2.24, 2.45) is 0 Å². The molecule has 0 aliphatic heterocycles. The molecule has 0 bridgehead atoms. The first kappa shape index (κ1) is 17.3. The molecule has 2 rings (SSSR count). The first-order valence-electron chi connectivity index (χ1n) is 6.66. The van der Waals surface area contributed by atoms with E-state index in [1.165, 1.54) is 19.3 Å². The molecule has 0 atom stereocenters. The van der Waals surface area contributed by atoms with Crippen LogP contribution in [0.5, 0.6) is 11.5 Å². The molecule has 0 amide bonds. The molecule has 0 radical (unpaired) electrons. The highest BCUT2D eigenvalue weighted by Crippen LogP contribution is 2.35. The Morgan fingerprint density at radius 2 is 2.09 bits per heavy atom. The third-order valence-electron chi connectivity index (χ3n) is 3.00. The Labute approximate surface area is 146 Å². The molecule has 2 aromatic rings. The number of carbonyl (C=O) groups is 1. The van der Waals surface area contributed by atoms with E-state index in [1.807, 2.05) is 0 Å². The van der Waals surface area contributed by atoms with E-state index < -0.39 is 5.97 Å². The first-order chi connectivity index (χ1) is 11.0. The van der Waals surface area contributed by atoms with E-state index in [0.29, 0.717) is 22.6 Å². The normalized spacial score (nSPS) is 10.7. The van der Waals surface area contributed by atoms with Crippen LogP contribution in [0.15, 0.2) is 42.5 Å². The minimum atomic E-state index is -1.03. The molecule has 1 N–H and O–H groups in total. The largest absolute Gasteiger partial charge is 0.493 e. The number of benzene rings is 2. The Hall–Kier alpha value is -2.09. The van der Waals surface area contributed by atoms with Crippen LogP contribution in [0.2, 0.25) is 0 Å². The van der Waals surface area contributed by atoms with Crippen molar-refractivity contribution in [1.29, 1.82) is 0 Å². The van der Waals surface area contributed by atoms with Gasteiger partial charge in [0.15, 0.2) is 11.5 Å². The lowest BCUT2D eigenvalue weighted by molar-refractivity contribution is -0.131. The van der Waals surface area contributed by atoms with E-state index in [2.05, 4.69) is 22.6 Å². The Kier molecular flexibility index (Phi) is 5.97. The molecule has 2 aromatic carbocycles. The summed E-state index contributed by atoms with van der Waals surface area (Å²) in [6, 6.07) is 9.81. The molecule has 4 nitrogen and oxygen atoms in total. The average molecular weight is 428 g/mol. The van der Waals surface area contributed by atoms with Crippen LogP contribution in [-0.2, 0) is 11.4 Å². The molecule has 0 heterocycles.